The Morgan fingerprint density at radius 2 is 1.71 bits per heavy atom. The third kappa shape index (κ3) is 3.07. The van der Waals surface area contributed by atoms with Crippen LogP contribution in [0, 0.1) is 5.82 Å². The van der Waals surface area contributed by atoms with E-state index in [2.05, 4.69) is 0 Å². The number of hydrogen-bond donors (Lipinski definition) is 0. The second-order valence-corrected chi connectivity index (χ2v) is 5.97. The number of aldehydes is 1. The highest BCUT2D eigenvalue weighted by Gasteiger charge is 2.23. The van der Waals surface area contributed by atoms with Crippen LogP contribution in [0.25, 0.3) is 0 Å². The zero-order valence-corrected chi connectivity index (χ0v) is 12.3. The second kappa shape index (κ2) is 5.60. The Morgan fingerprint density at radius 3 is 2.33 bits per heavy atom. The molecule has 0 aliphatic carbocycles. The first-order chi connectivity index (χ1) is 9.84. The largest absolute Gasteiger partial charge is 0.298 e. The maximum Gasteiger partial charge on any atom is 0.194 e. The van der Waals surface area contributed by atoms with E-state index in [-0.39, 0.29) is 22.3 Å². The molecule has 0 bridgehead atoms. The van der Waals surface area contributed by atoms with Gasteiger partial charge in [0.2, 0.25) is 0 Å². The van der Waals surface area contributed by atoms with Crippen molar-refractivity contribution in [2.75, 3.05) is 0 Å². The van der Waals surface area contributed by atoms with Crippen LogP contribution in [0.1, 0.15) is 52.6 Å². The van der Waals surface area contributed by atoms with E-state index < -0.39 is 5.82 Å². The van der Waals surface area contributed by atoms with E-state index in [9.17, 15) is 14.0 Å². The zero-order chi connectivity index (χ0) is 15.6. The van der Waals surface area contributed by atoms with Crippen LogP contribution in [0.4, 0.5) is 4.39 Å². The van der Waals surface area contributed by atoms with E-state index in [4.69, 9.17) is 0 Å². The number of hydrogen-bond acceptors (Lipinski definition) is 2. The van der Waals surface area contributed by atoms with Gasteiger partial charge in [0.05, 0.1) is 0 Å². The summed E-state index contributed by atoms with van der Waals surface area (Å²) < 4.78 is 13.4. The maximum atomic E-state index is 13.4. The highest BCUT2D eigenvalue weighted by Crippen LogP contribution is 2.28. The first-order valence-electron chi connectivity index (χ1n) is 6.73. The van der Waals surface area contributed by atoms with Gasteiger partial charge < -0.3 is 0 Å². The minimum atomic E-state index is -0.530. The van der Waals surface area contributed by atoms with Crippen LogP contribution < -0.4 is 0 Å². The summed E-state index contributed by atoms with van der Waals surface area (Å²) in [5.74, 6) is -0.862. The van der Waals surface area contributed by atoms with Gasteiger partial charge in [-0.1, -0.05) is 45.0 Å². The van der Waals surface area contributed by atoms with Gasteiger partial charge in [0.25, 0.3) is 0 Å². The van der Waals surface area contributed by atoms with Gasteiger partial charge in [-0.05, 0) is 29.2 Å². The first kappa shape index (κ1) is 15.1. The number of carbonyl (C=O) groups is 2. The van der Waals surface area contributed by atoms with Crippen molar-refractivity contribution in [1.82, 2.24) is 0 Å². The lowest BCUT2D eigenvalue weighted by atomic mass is 9.81. The Balaban J connectivity index is 2.61. The molecular weight excluding hydrogens is 267 g/mol. The molecule has 2 aromatic rings. The molecule has 0 aliphatic heterocycles. The van der Waals surface area contributed by atoms with Crippen molar-refractivity contribution in [2.45, 2.75) is 26.2 Å². The molecule has 2 rings (SSSR count). The SMILES string of the molecule is CC(C)(C)c1ccccc1C(=O)c1cc(F)ccc1C=O. The number of halogens is 1. The minimum absolute atomic E-state index is 0.0988. The molecular formula is C18H17FO2. The summed E-state index contributed by atoms with van der Waals surface area (Å²) in [7, 11) is 0. The lowest BCUT2D eigenvalue weighted by Crippen LogP contribution is -2.18. The Hall–Kier alpha value is -2.29. The standard InChI is InChI=1S/C18H17FO2/c1-18(2,3)16-7-5-4-6-14(16)17(21)15-10-13(19)9-8-12(15)11-20/h4-11H,1-3H3. The van der Waals surface area contributed by atoms with E-state index in [1.807, 2.05) is 32.9 Å². The molecule has 0 unspecified atom stereocenters. The van der Waals surface area contributed by atoms with E-state index >= 15 is 0 Å². The molecule has 0 saturated carbocycles. The van der Waals surface area contributed by atoms with Crippen LogP contribution in [-0.2, 0) is 5.41 Å². The van der Waals surface area contributed by atoms with Crippen molar-refractivity contribution < 1.29 is 14.0 Å². The number of ketones is 1. The van der Waals surface area contributed by atoms with Crippen molar-refractivity contribution in [3.05, 3.63) is 70.5 Å². The third-order valence-corrected chi connectivity index (χ3v) is 3.37. The molecule has 0 amide bonds. The molecule has 108 valence electrons. The Kier molecular flexibility index (Phi) is 4.03. The van der Waals surface area contributed by atoms with E-state index in [0.29, 0.717) is 11.8 Å². The fourth-order valence-corrected chi connectivity index (χ4v) is 2.31. The van der Waals surface area contributed by atoms with Gasteiger partial charge in [-0.25, -0.2) is 4.39 Å². The number of carbonyl (C=O) groups excluding carboxylic acids is 2. The predicted molar refractivity (Wildman–Crippen MR) is 80.4 cm³/mol. The minimum Gasteiger partial charge on any atom is -0.298 e. The summed E-state index contributed by atoms with van der Waals surface area (Å²) in [6.45, 7) is 6.02. The van der Waals surface area contributed by atoms with E-state index in [1.165, 1.54) is 12.1 Å². The topological polar surface area (TPSA) is 34.1 Å². The van der Waals surface area contributed by atoms with Gasteiger partial charge in [-0.2, -0.15) is 0 Å². The summed E-state index contributed by atoms with van der Waals surface area (Å²) >= 11 is 0. The van der Waals surface area contributed by atoms with Crippen LogP contribution in [0.5, 0.6) is 0 Å². The summed E-state index contributed by atoms with van der Waals surface area (Å²) in [5, 5.41) is 0. The number of rotatable bonds is 3. The van der Waals surface area contributed by atoms with Crippen LogP contribution in [0.15, 0.2) is 42.5 Å². The summed E-state index contributed by atoms with van der Waals surface area (Å²) in [6, 6.07) is 10.8. The molecule has 2 nitrogen and oxygen atoms in total. The highest BCUT2D eigenvalue weighted by molar-refractivity contribution is 6.13. The van der Waals surface area contributed by atoms with Crippen LogP contribution in [-0.4, -0.2) is 12.1 Å². The summed E-state index contributed by atoms with van der Waals surface area (Å²) in [4.78, 5) is 23.8. The molecule has 0 fully saturated rings. The molecule has 0 radical (unpaired) electrons. The predicted octanol–water partition coefficient (Wildman–Crippen LogP) is 4.17. The third-order valence-electron chi connectivity index (χ3n) is 3.37. The summed E-state index contributed by atoms with van der Waals surface area (Å²) in [5.41, 5.74) is 1.45. The molecule has 3 heteroatoms. The quantitative estimate of drug-likeness (QED) is 0.626. The first-order valence-corrected chi connectivity index (χ1v) is 6.73. The smallest absolute Gasteiger partial charge is 0.194 e. The van der Waals surface area contributed by atoms with Crippen molar-refractivity contribution in [3.8, 4) is 0 Å². The Bertz CT molecular complexity index is 697. The van der Waals surface area contributed by atoms with Crippen molar-refractivity contribution in [2.24, 2.45) is 0 Å². The number of benzene rings is 2. The molecule has 2 aromatic carbocycles. The maximum absolute atomic E-state index is 13.4. The van der Waals surface area contributed by atoms with Crippen molar-refractivity contribution in [1.29, 1.82) is 0 Å². The average molecular weight is 284 g/mol. The molecule has 0 spiro atoms. The highest BCUT2D eigenvalue weighted by atomic mass is 19.1. The normalized spacial score (nSPS) is 11.2. The Labute approximate surface area is 123 Å². The molecule has 0 heterocycles. The molecule has 0 aromatic heterocycles. The lowest BCUT2D eigenvalue weighted by molar-refractivity contribution is 0.102. The molecule has 0 N–H and O–H groups in total. The van der Waals surface area contributed by atoms with Gasteiger partial charge in [0.1, 0.15) is 5.82 Å². The second-order valence-electron chi connectivity index (χ2n) is 5.97. The zero-order valence-electron chi connectivity index (χ0n) is 12.3. The van der Waals surface area contributed by atoms with Gasteiger partial charge in [0, 0.05) is 16.7 Å². The van der Waals surface area contributed by atoms with Gasteiger partial charge >= 0.3 is 0 Å². The van der Waals surface area contributed by atoms with Crippen molar-refractivity contribution >= 4 is 12.1 Å². The van der Waals surface area contributed by atoms with E-state index in [1.54, 1.807) is 12.1 Å². The van der Waals surface area contributed by atoms with Crippen LogP contribution >= 0.6 is 0 Å². The molecule has 0 atom stereocenters. The van der Waals surface area contributed by atoms with Crippen LogP contribution in [0.2, 0.25) is 0 Å². The lowest BCUT2D eigenvalue weighted by Gasteiger charge is -2.22. The van der Waals surface area contributed by atoms with E-state index in [0.717, 1.165) is 11.6 Å². The van der Waals surface area contributed by atoms with Crippen molar-refractivity contribution in [3.63, 3.8) is 0 Å². The fourth-order valence-electron chi connectivity index (χ4n) is 2.31. The van der Waals surface area contributed by atoms with Gasteiger partial charge in [0.15, 0.2) is 12.1 Å². The average Bonchev–Trinajstić information content (AvgIpc) is 2.45. The molecule has 21 heavy (non-hydrogen) atoms. The molecule has 0 saturated heterocycles. The van der Waals surface area contributed by atoms with Gasteiger partial charge in [-0.15, -0.1) is 0 Å². The Morgan fingerprint density at radius 1 is 1.05 bits per heavy atom. The fraction of sp³-hybridized carbons (Fsp3) is 0.222. The van der Waals surface area contributed by atoms with Crippen LogP contribution in [0.3, 0.4) is 0 Å². The molecule has 0 aliphatic rings. The summed E-state index contributed by atoms with van der Waals surface area (Å²) in [6.07, 6.45) is 0.576. The van der Waals surface area contributed by atoms with Gasteiger partial charge in [-0.3, -0.25) is 9.59 Å². The monoisotopic (exact) mass is 284 g/mol.